The summed E-state index contributed by atoms with van der Waals surface area (Å²) in [6.45, 7) is 3.08. The second-order valence-corrected chi connectivity index (χ2v) is 2.67. The quantitative estimate of drug-likeness (QED) is 0.692. The van der Waals surface area contributed by atoms with Gasteiger partial charge in [0.2, 0.25) is 0 Å². The molecule has 0 aliphatic heterocycles. The molecule has 0 aliphatic rings. The Kier molecular flexibility index (Phi) is 5.06. The molecule has 0 heterocycles. The summed E-state index contributed by atoms with van der Waals surface area (Å²) in [7, 11) is 2.71. The number of ketones is 1. The minimum absolute atomic E-state index is 0.167. The zero-order valence-corrected chi connectivity index (χ0v) is 8.29. The summed E-state index contributed by atoms with van der Waals surface area (Å²) < 4.78 is 9.30. The van der Waals surface area contributed by atoms with Crippen LogP contribution in [0.2, 0.25) is 0 Å². The molecule has 0 aromatic carbocycles. The number of rotatable bonds is 4. The lowest BCUT2D eigenvalue weighted by molar-refractivity contribution is -0.121. The summed E-state index contributed by atoms with van der Waals surface area (Å²) in [5.74, 6) is -0.167. The van der Waals surface area contributed by atoms with Crippen LogP contribution in [0.1, 0.15) is 13.8 Å². The molecule has 0 aromatic rings. The van der Waals surface area contributed by atoms with Crippen molar-refractivity contribution >= 4 is 11.9 Å². The fourth-order valence-corrected chi connectivity index (χ4v) is 0.871. The average molecular weight is 189 g/mol. The monoisotopic (exact) mass is 189 g/mol. The molecule has 1 N–H and O–H groups in total. The van der Waals surface area contributed by atoms with Crippen molar-refractivity contribution in [3.63, 3.8) is 0 Å². The third-order valence-electron chi connectivity index (χ3n) is 1.74. The van der Waals surface area contributed by atoms with E-state index in [2.05, 4.69) is 10.1 Å². The summed E-state index contributed by atoms with van der Waals surface area (Å²) in [4.78, 5) is 21.9. The molecule has 0 radical (unpaired) electrons. The molecule has 0 spiro atoms. The van der Waals surface area contributed by atoms with Crippen LogP contribution in [0.25, 0.3) is 0 Å². The van der Waals surface area contributed by atoms with Gasteiger partial charge < -0.3 is 14.8 Å². The van der Waals surface area contributed by atoms with Crippen molar-refractivity contribution in [3.05, 3.63) is 0 Å². The van der Waals surface area contributed by atoms with Crippen molar-refractivity contribution in [2.45, 2.75) is 26.0 Å². The lowest BCUT2D eigenvalue weighted by Crippen LogP contribution is -2.47. The van der Waals surface area contributed by atoms with Gasteiger partial charge in [-0.3, -0.25) is 4.79 Å². The van der Waals surface area contributed by atoms with Crippen LogP contribution < -0.4 is 5.32 Å². The molecule has 0 saturated heterocycles. The zero-order valence-electron chi connectivity index (χ0n) is 8.29. The van der Waals surface area contributed by atoms with E-state index in [-0.39, 0.29) is 11.9 Å². The van der Waals surface area contributed by atoms with Crippen LogP contribution in [-0.2, 0) is 14.3 Å². The highest BCUT2D eigenvalue weighted by Crippen LogP contribution is 1.99. The number of hydrogen-bond acceptors (Lipinski definition) is 4. The third kappa shape index (κ3) is 3.89. The van der Waals surface area contributed by atoms with E-state index in [9.17, 15) is 9.59 Å². The lowest BCUT2D eigenvalue weighted by atomic mass is 10.1. The Hall–Kier alpha value is -1.10. The number of nitrogens with one attached hydrogen (secondary N) is 1. The Labute approximate surface area is 77.4 Å². The maximum atomic E-state index is 11.0. The maximum absolute atomic E-state index is 11.0. The Morgan fingerprint density at radius 2 is 1.85 bits per heavy atom. The molecular weight excluding hydrogens is 174 g/mol. The van der Waals surface area contributed by atoms with Crippen molar-refractivity contribution < 1.29 is 19.1 Å². The summed E-state index contributed by atoms with van der Waals surface area (Å²) >= 11 is 0. The van der Waals surface area contributed by atoms with Gasteiger partial charge in [-0.2, -0.15) is 0 Å². The first-order valence-corrected chi connectivity index (χ1v) is 3.90. The predicted octanol–water partition coefficient (Wildman–Crippen LogP) is 0.335. The molecule has 2 unspecified atom stereocenters. The number of alkyl carbamates (subject to hydrolysis) is 1. The molecule has 0 rings (SSSR count). The number of hydrogen-bond donors (Lipinski definition) is 1. The molecule has 76 valence electrons. The smallest absolute Gasteiger partial charge is 0.407 e. The topological polar surface area (TPSA) is 64.6 Å². The Morgan fingerprint density at radius 3 is 2.15 bits per heavy atom. The maximum Gasteiger partial charge on any atom is 0.407 e. The number of amides is 1. The van der Waals surface area contributed by atoms with Crippen LogP contribution in [0.4, 0.5) is 4.79 Å². The van der Waals surface area contributed by atoms with Gasteiger partial charge >= 0.3 is 6.09 Å². The molecule has 1 amide bonds. The standard InChI is InChI=1S/C8H15NO4/c1-5(10)7(6(2)12-3)9-8(11)13-4/h6-7H,1-4H3,(H,9,11). The van der Waals surface area contributed by atoms with Crippen molar-refractivity contribution in [1.29, 1.82) is 0 Å². The van der Waals surface area contributed by atoms with Crippen LogP contribution in [-0.4, -0.2) is 38.2 Å². The fraction of sp³-hybridized carbons (Fsp3) is 0.750. The van der Waals surface area contributed by atoms with E-state index >= 15 is 0 Å². The van der Waals surface area contributed by atoms with E-state index in [1.54, 1.807) is 6.92 Å². The van der Waals surface area contributed by atoms with Gasteiger partial charge in [-0.25, -0.2) is 4.79 Å². The van der Waals surface area contributed by atoms with Gasteiger partial charge in [-0.1, -0.05) is 0 Å². The highest BCUT2D eigenvalue weighted by molar-refractivity contribution is 5.85. The minimum Gasteiger partial charge on any atom is -0.453 e. The number of methoxy groups -OCH3 is 2. The van der Waals surface area contributed by atoms with E-state index in [1.165, 1.54) is 21.1 Å². The van der Waals surface area contributed by atoms with Crippen LogP contribution in [0.15, 0.2) is 0 Å². The first kappa shape index (κ1) is 11.9. The van der Waals surface area contributed by atoms with Gasteiger partial charge in [0.1, 0.15) is 6.04 Å². The van der Waals surface area contributed by atoms with Crippen molar-refractivity contribution in [2.24, 2.45) is 0 Å². The van der Waals surface area contributed by atoms with Crippen LogP contribution >= 0.6 is 0 Å². The van der Waals surface area contributed by atoms with Crippen molar-refractivity contribution in [1.82, 2.24) is 5.32 Å². The summed E-state index contributed by atoms with van der Waals surface area (Å²) in [5.41, 5.74) is 0. The molecule has 0 saturated carbocycles. The van der Waals surface area contributed by atoms with E-state index < -0.39 is 12.1 Å². The first-order valence-electron chi connectivity index (χ1n) is 3.90. The average Bonchev–Trinajstić information content (AvgIpc) is 2.11. The fourth-order valence-electron chi connectivity index (χ4n) is 0.871. The van der Waals surface area contributed by atoms with Crippen LogP contribution in [0, 0.1) is 0 Å². The second-order valence-electron chi connectivity index (χ2n) is 2.67. The van der Waals surface area contributed by atoms with Gasteiger partial charge in [-0.05, 0) is 13.8 Å². The Bertz CT molecular complexity index is 193. The highest BCUT2D eigenvalue weighted by atomic mass is 16.5. The summed E-state index contributed by atoms with van der Waals surface area (Å²) in [5, 5.41) is 2.38. The summed E-state index contributed by atoms with van der Waals surface area (Å²) in [6.07, 6.45) is -0.999. The normalized spacial score (nSPS) is 14.5. The van der Waals surface area contributed by atoms with E-state index in [0.29, 0.717) is 0 Å². The SMILES string of the molecule is COC(=O)NC(C(C)=O)C(C)OC. The molecule has 5 nitrogen and oxygen atoms in total. The van der Waals surface area contributed by atoms with E-state index in [1.807, 2.05) is 0 Å². The van der Waals surface area contributed by atoms with Gasteiger partial charge in [0.15, 0.2) is 5.78 Å². The van der Waals surface area contributed by atoms with Crippen LogP contribution in [0.3, 0.4) is 0 Å². The molecule has 5 heteroatoms. The predicted molar refractivity (Wildman–Crippen MR) is 46.5 cm³/mol. The Morgan fingerprint density at radius 1 is 1.31 bits per heavy atom. The third-order valence-corrected chi connectivity index (χ3v) is 1.74. The molecule has 0 aromatic heterocycles. The summed E-state index contributed by atoms with van der Waals surface area (Å²) in [6, 6.07) is -0.655. The van der Waals surface area contributed by atoms with Crippen LogP contribution in [0.5, 0.6) is 0 Å². The zero-order chi connectivity index (χ0) is 10.4. The number of carbonyl (C=O) groups excluding carboxylic acids is 2. The number of Topliss-reactive ketones (excluding diaryl/α,β-unsaturated/α-hetero) is 1. The molecule has 0 fully saturated rings. The van der Waals surface area contributed by atoms with Gasteiger partial charge in [-0.15, -0.1) is 0 Å². The van der Waals surface area contributed by atoms with E-state index in [4.69, 9.17) is 4.74 Å². The highest BCUT2D eigenvalue weighted by Gasteiger charge is 2.23. The molecule has 13 heavy (non-hydrogen) atoms. The second kappa shape index (κ2) is 5.53. The largest absolute Gasteiger partial charge is 0.453 e. The van der Waals surface area contributed by atoms with Gasteiger partial charge in [0, 0.05) is 7.11 Å². The van der Waals surface area contributed by atoms with Crippen molar-refractivity contribution in [3.8, 4) is 0 Å². The molecule has 2 atom stereocenters. The van der Waals surface area contributed by atoms with E-state index in [0.717, 1.165) is 0 Å². The Balaban J connectivity index is 4.26. The molecule has 0 bridgehead atoms. The number of ether oxygens (including phenoxy) is 2. The first-order chi connectivity index (χ1) is 6.02. The molecular formula is C8H15NO4. The van der Waals surface area contributed by atoms with Crippen molar-refractivity contribution in [2.75, 3.05) is 14.2 Å². The molecule has 0 aliphatic carbocycles. The van der Waals surface area contributed by atoms with Gasteiger partial charge in [0.25, 0.3) is 0 Å². The minimum atomic E-state index is -0.655. The van der Waals surface area contributed by atoms with Gasteiger partial charge in [0.05, 0.1) is 13.2 Å². The number of carbonyl (C=O) groups is 2. The lowest BCUT2D eigenvalue weighted by Gasteiger charge is -2.20.